The number of benzene rings is 1. The SMILES string of the molecule is C[C@H]1CNCCN1C(=O)c1c(F)ccc([N+](=O)[O-])c1F. The second-order valence-electron chi connectivity index (χ2n) is 4.56. The van der Waals surface area contributed by atoms with Gasteiger partial charge in [-0.2, -0.15) is 4.39 Å². The van der Waals surface area contributed by atoms with E-state index in [-0.39, 0.29) is 6.04 Å². The Balaban J connectivity index is 2.43. The molecule has 1 heterocycles. The zero-order chi connectivity index (χ0) is 14.9. The van der Waals surface area contributed by atoms with Crippen LogP contribution in [0.1, 0.15) is 17.3 Å². The van der Waals surface area contributed by atoms with Crippen molar-refractivity contribution in [1.29, 1.82) is 0 Å². The van der Waals surface area contributed by atoms with E-state index in [2.05, 4.69) is 5.32 Å². The van der Waals surface area contributed by atoms with Gasteiger partial charge in [-0.1, -0.05) is 0 Å². The van der Waals surface area contributed by atoms with Crippen LogP contribution < -0.4 is 5.32 Å². The summed E-state index contributed by atoms with van der Waals surface area (Å²) in [6.07, 6.45) is 0. The van der Waals surface area contributed by atoms with Gasteiger partial charge in [0.25, 0.3) is 5.91 Å². The molecule has 1 aromatic carbocycles. The number of rotatable bonds is 2. The summed E-state index contributed by atoms with van der Waals surface area (Å²) in [5, 5.41) is 13.7. The number of carbonyl (C=O) groups excluding carboxylic acids is 1. The van der Waals surface area contributed by atoms with E-state index in [1.54, 1.807) is 6.92 Å². The number of nitrogens with zero attached hydrogens (tertiary/aromatic N) is 2. The first-order valence-corrected chi connectivity index (χ1v) is 6.07. The van der Waals surface area contributed by atoms with Crippen molar-refractivity contribution in [2.24, 2.45) is 0 Å². The number of carbonyl (C=O) groups is 1. The number of piperazine rings is 1. The summed E-state index contributed by atoms with van der Waals surface area (Å²) in [7, 11) is 0. The molecule has 1 aliphatic heterocycles. The van der Waals surface area contributed by atoms with Gasteiger partial charge in [-0.05, 0) is 13.0 Å². The number of nitro groups is 1. The van der Waals surface area contributed by atoms with E-state index in [4.69, 9.17) is 0 Å². The zero-order valence-corrected chi connectivity index (χ0v) is 10.7. The van der Waals surface area contributed by atoms with Gasteiger partial charge in [0.1, 0.15) is 11.4 Å². The van der Waals surface area contributed by atoms with E-state index >= 15 is 0 Å². The van der Waals surface area contributed by atoms with E-state index < -0.39 is 33.7 Å². The Labute approximate surface area is 113 Å². The highest BCUT2D eigenvalue weighted by molar-refractivity contribution is 5.95. The van der Waals surface area contributed by atoms with E-state index in [1.165, 1.54) is 4.90 Å². The maximum absolute atomic E-state index is 14.0. The van der Waals surface area contributed by atoms with Crippen molar-refractivity contribution in [3.63, 3.8) is 0 Å². The highest BCUT2D eigenvalue weighted by Crippen LogP contribution is 2.25. The molecule has 1 N–H and O–H groups in total. The topological polar surface area (TPSA) is 75.5 Å². The van der Waals surface area contributed by atoms with Gasteiger partial charge in [-0.25, -0.2) is 4.39 Å². The Morgan fingerprint density at radius 1 is 1.50 bits per heavy atom. The average molecular weight is 285 g/mol. The van der Waals surface area contributed by atoms with Crippen LogP contribution in [0.3, 0.4) is 0 Å². The van der Waals surface area contributed by atoms with E-state index in [1.807, 2.05) is 0 Å². The zero-order valence-electron chi connectivity index (χ0n) is 10.7. The van der Waals surface area contributed by atoms with E-state index in [0.29, 0.717) is 25.7 Å². The number of halogens is 2. The third kappa shape index (κ3) is 2.46. The Kier molecular flexibility index (Phi) is 3.93. The van der Waals surface area contributed by atoms with Gasteiger partial charge in [0.2, 0.25) is 5.82 Å². The summed E-state index contributed by atoms with van der Waals surface area (Å²) in [6.45, 7) is 3.04. The average Bonchev–Trinajstić information content (AvgIpc) is 2.38. The molecule has 0 aromatic heterocycles. The number of nitro benzene ring substituents is 1. The minimum atomic E-state index is -1.43. The second-order valence-corrected chi connectivity index (χ2v) is 4.56. The number of hydrogen-bond acceptors (Lipinski definition) is 4. The summed E-state index contributed by atoms with van der Waals surface area (Å²) in [5.41, 5.74) is -1.77. The molecule has 1 aliphatic rings. The fraction of sp³-hybridized carbons (Fsp3) is 0.417. The molecule has 0 saturated carbocycles. The fourth-order valence-corrected chi connectivity index (χ4v) is 2.16. The van der Waals surface area contributed by atoms with Gasteiger partial charge in [0.05, 0.1) is 4.92 Å². The molecule has 0 bridgehead atoms. The number of hydrogen-bond donors (Lipinski definition) is 1. The van der Waals surface area contributed by atoms with Crippen molar-refractivity contribution >= 4 is 11.6 Å². The summed E-state index contributed by atoms with van der Waals surface area (Å²) in [5.74, 6) is -3.38. The lowest BCUT2D eigenvalue weighted by molar-refractivity contribution is -0.387. The highest BCUT2D eigenvalue weighted by Gasteiger charge is 2.32. The van der Waals surface area contributed by atoms with Crippen molar-refractivity contribution in [2.45, 2.75) is 13.0 Å². The molecule has 6 nitrogen and oxygen atoms in total. The van der Waals surface area contributed by atoms with Crippen LogP contribution in [0.5, 0.6) is 0 Å². The molecular weight excluding hydrogens is 272 g/mol. The molecule has 0 spiro atoms. The summed E-state index contributed by atoms with van der Waals surface area (Å²) < 4.78 is 27.7. The van der Waals surface area contributed by atoms with Crippen LogP contribution >= 0.6 is 0 Å². The third-order valence-electron chi connectivity index (χ3n) is 3.24. The van der Waals surface area contributed by atoms with Gasteiger partial charge >= 0.3 is 5.69 Å². The molecule has 108 valence electrons. The van der Waals surface area contributed by atoms with Crippen LogP contribution in [0.15, 0.2) is 12.1 Å². The maximum atomic E-state index is 14.0. The molecule has 1 fully saturated rings. The van der Waals surface area contributed by atoms with E-state index in [0.717, 1.165) is 6.07 Å². The Morgan fingerprint density at radius 2 is 2.20 bits per heavy atom. The summed E-state index contributed by atoms with van der Waals surface area (Å²) in [4.78, 5) is 23.2. The molecule has 2 rings (SSSR count). The van der Waals surface area contributed by atoms with Gasteiger partial charge in [-0.15, -0.1) is 0 Å². The lowest BCUT2D eigenvalue weighted by Gasteiger charge is -2.34. The van der Waals surface area contributed by atoms with Crippen LogP contribution in [-0.2, 0) is 0 Å². The molecule has 0 radical (unpaired) electrons. The summed E-state index contributed by atoms with van der Waals surface area (Å²) >= 11 is 0. The van der Waals surface area contributed by atoms with Crippen LogP contribution in [0.4, 0.5) is 14.5 Å². The molecule has 1 saturated heterocycles. The minimum absolute atomic E-state index is 0.241. The largest absolute Gasteiger partial charge is 0.333 e. The molecule has 1 aromatic rings. The van der Waals surface area contributed by atoms with Gasteiger partial charge < -0.3 is 10.2 Å². The van der Waals surface area contributed by atoms with Gasteiger partial charge in [-0.3, -0.25) is 14.9 Å². The third-order valence-corrected chi connectivity index (χ3v) is 3.24. The normalized spacial score (nSPS) is 18.9. The second kappa shape index (κ2) is 5.49. The predicted molar refractivity (Wildman–Crippen MR) is 66.4 cm³/mol. The van der Waals surface area contributed by atoms with Crippen molar-refractivity contribution in [3.05, 3.63) is 39.4 Å². The molecule has 20 heavy (non-hydrogen) atoms. The molecular formula is C12H13F2N3O3. The fourth-order valence-electron chi connectivity index (χ4n) is 2.16. The lowest BCUT2D eigenvalue weighted by Crippen LogP contribution is -2.52. The summed E-state index contributed by atoms with van der Waals surface area (Å²) in [6, 6.07) is 1.21. The van der Waals surface area contributed by atoms with E-state index in [9.17, 15) is 23.7 Å². The first-order valence-electron chi connectivity index (χ1n) is 6.07. The van der Waals surface area contributed by atoms with Crippen LogP contribution in [0, 0.1) is 21.7 Å². The monoisotopic (exact) mass is 285 g/mol. The molecule has 0 unspecified atom stereocenters. The lowest BCUT2D eigenvalue weighted by atomic mass is 10.1. The molecule has 1 atom stereocenters. The Morgan fingerprint density at radius 3 is 2.80 bits per heavy atom. The van der Waals surface area contributed by atoms with Crippen LogP contribution in [0.2, 0.25) is 0 Å². The standard InChI is InChI=1S/C12H13F2N3O3/c1-7-6-15-4-5-16(7)12(18)10-8(13)2-3-9(11(10)14)17(19)20/h2-3,7,15H,4-6H2,1H3/t7-/m0/s1. The molecule has 1 amide bonds. The number of nitrogens with one attached hydrogen (secondary N) is 1. The smallest absolute Gasteiger partial charge is 0.305 e. The van der Waals surface area contributed by atoms with Crippen molar-refractivity contribution < 1.29 is 18.5 Å². The predicted octanol–water partition coefficient (Wildman–Crippen LogP) is 1.31. The Bertz CT molecular complexity index is 565. The first-order chi connectivity index (χ1) is 9.43. The molecule has 0 aliphatic carbocycles. The van der Waals surface area contributed by atoms with Crippen LogP contribution in [-0.4, -0.2) is 41.4 Å². The van der Waals surface area contributed by atoms with Crippen LogP contribution in [0.25, 0.3) is 0 Å². The van der Waals surface area contributed by atoms with Crippen molar-refractivity contribution in [1.82, 2.24) is 10.2 Å². The molecule has 8 heteroatoms. The quantitative estimate of drug-likeness (QED) is 0.656. The van der Waals surface area contributed by atoms with Gasteiger partial charge in [0.15, 0.2) is 0 Å². The van der Waals surface area contributed by atoms with Gasteiger partial charge in [0, 0.05) is 31.7 Å². The highest BCUT2D eigenvalue weighted by atomic mass is 19.1. The number of amides is 1. The minimum Gasteiger partial charge on any atom is -0.333 e. The maximum Gasteiger partial charge on any atom is 0.305 e. The Hall–Kier alpha value is -2.09. The van der Waals surface area contributed by atoms with Crippen molar-refractivity contribution in [2.75, 3.05) is 19.6 Å². The van der Waals surface area contributed by atoms with Crippen molar-refractivity contribution in [3.8, 4) is 0 Å². The first kappa shape index (κ1) is 14.3.